The van der Waals surface area contributed by atoms with Crippen molar-refractivity contribution in [3.05, 3.63) is 53.3 Å². The molecule has 1 aromatic heterocycles. The number of guanidine groups is 1. The van der Waals surface area contributed by atoms with Crippen LogP contribution in [0.5, 0.6) is 0 Å². The average Bonchev–Trinajstić information content (AvgIpc) is 3.28. The summed E-state index contributed by atoms with van der Waals surface area (Å²) < 4.78 is 1.87. The van der Waals surface area contributed by atoms with E-state index in [1.807, 2.05) is 42.2 Å². The SMILES string of the molecule is CCNC(=NCc1ccccc1CO)N1CCC(Cc2cnn(C)c2)C1.I. The largest absolute Gasteiger partial charge is 0.392 e. The van der Waals surface area contributed by atoms with Crippen LogP contribution < -0.4 is 5.32 Å². The second kappa shape index (κ2) is 10.7. The summed E-state index contributed by atoms with van der Waals surface area (Å²) in [6.07, 6.45) is 6.31. The first kappa shape index (κ1) is 21.7. The second-order valence-electron chi connectivity index (χ2n) is 6.92. The summed E-state index contributed by atoms with van der Waals surface area (Å²) in [5.41, 5.74) is 3.33. The standard InChI is InChI=1S/C20H29N5O.HI/c1-3-21-20(22-12-18-6-4-5-7-19(18)15-26)25-9-8-16(14-25)10-17-11-23-24(2)13-17;/h4-7,11,13,16,26H,3,8-10,12,14-15H2,1-2H3,(H,21,22);1H. The van der Waals surface area contributed by atoms with Crippen LogP contribution in [0.2, 0.25) is 0 Å². The molecule has 0 spiro atoms. The van der Waals surface area contributed by atoms with E-state index in [1.54, 1.807) is 0 Å². The number of aliphatic imine (C=N–C) groups is 1. The molecule has 0 amide bonds. The normalized spacial score (nSPS) is 17.1. The zero-order valence-electron chi connectivity index (χ0n) is 16.1. The molecule has 7 heteroatoms. The lowest BCUT2D eigenvalue weighted by molar-refractivity contribution is 0.280. The van der Waals surface area contributed by atoms with E-state index in [-0.39, 0.29) is 30.6 Å². The van der Waals surface area contributed by atoms with Gasteiger partial charge in [-0.2, -0.15) is 5.10 Å². The molecule has 1 aliphatic rings. The van der Waals surface area contributed by atoms with Gasteiger partial charge in [0.05, 0.1) is 19.3 Å². The van der Waals surface area contributed by atoms with Gasteiger partial charge in [-0.15, -0.1) is 24.0 Å². The number of hydrogen-bond acceptors (Lipinski definition) is 3. The van der Waals surface area contributed by atoms with Gasteiger partial charge in [0.25, 0.3) is 0 Å². The van der Waals surface area contributed by atoms with Gasteiger partial charge in [0, 0.05) is 32.9 Å². The summed E-state index contributed by atoms with van der Waals surface area (Å²) in [7, 11) is 1.96. The van der Waals surface area contributed by atoms with Crippen LogP contribution in [0.25, 0.3) is 0 Å². The van der Waals surface area contributed by atoms with Crippen LogP contribution in [-0.4, -0.2) is 45.4 Å². The van der Waals surface area contributed by atoms with Gasteiger partial charge in [-0.1, -0.05) is 24.3 Å². The maximum atomic E-state index is 9.49. The molecule has 1 atom stereocenters. The predicted molar refractivity (Wildman–Crippen MR) is 119 cm³/mol. The molecule has 6 nitrogen and oxygen atoms in total. The summed E-state index contributed by atoms with van der Waals surface area (Å²) in [5.74, 6) is 1.60. The number of likely N-dealkylation sites (tertiary alicyclic amines) is 1. The lowest BCUT2D eigenvalue weighted by Gasteiger charge is -2.22. The number of aliphatic hydroxyl groups excluding tert-OH is 1. The fourth-order valence-corrected chi connectivity index (χ4v) is 3.55. The smallest absolute Gasteiger partial charge is 0.194 e. The molecule has 0 saturated carbocycles. The molecule has 2 heterocycles. The first-order chi connectivity index (χ1) is 12.7. The van der Waals surface area contributed by atoms with Crippen LogP contribution in [0.4, 0.5) is 0 Å². The maximum Gasteiger partial charge on any atom is 0.194 e. The van der Waals surface area contributed by atoms with Crippen LogP contribution in [0.1, 0.15) is 30.0 Å². The number of halogens is 1. The van der Waals surface area contributed by atoms with Crippen molar-refractivity contribution in [2.24, 2.45) is 18.0 Å². The van der Waals surface area contributed by atoms with E-state index in [1.165, 1.54) is 12.0 Å². The zero-order valence-corrected chi connectivity index (χ0v) is 18.5. The van der Waals surface area contributed by atoms with Gasteiger partial charge in [0.1, 0.15) is 0 Å². The van der Waals surface area contributed by atoms with Crippen LogP contribution in [0.3, 0.4) is 0 Å². The first-order valence-electron chi connectivity index (χ1n) is 9.38. The molecule has 0 aliphatic carbocycles. The highest BCUT2D eigenvalue weighted by atomic mass is 127. The Kier molecular flexibility index (Phi) is 8.56. The third kappa shape index (κ3) is 5.93. The van der Waals surface area contributed by atoms with Crippen LogP contribution in [0.15, 0.2) is 41.7 Å². The maximum absolute atomic E-state index is 9.49. The van der Waals surface area contributed by atoms with E-state index in [4.69, 9.17) is 4.99 Å². The van der Waals surface area contributed by atoms with Crippen LogP contribution >= 0.6 is 24.0 Å². The molecule has 1 aliphatic heterocycles. The van der Waals surface area contributed by atoms with Crippen molar-refractivity contribution in [2.45, 2.75) is 32.9 Å². The van der Waals surface area contributed by atoms with Gasteiger partial charge in [-0.3, -0.25) is 4.68 Å². The summed E-state index contributed by atoms with van der Waals surface area (Å²) >= 11 is 0. The van der Waals surface area contributed by atoms with E-state index < -0.39 is 0 Å². The molecule has 0 bridgehead atoms. The number of nitrogens with zero attached hydrogens (tertiary/aromatic N) is 4. The van der Waals surface area contributed by atoms with Crippen molar-refractivity contribution < 1.29 is 5.11 Å². The van der Waals surface area contributed by atoms with Crippen molar-refractivity contribution in [2.75, 3.05) is 19.6 Å². The number of rotatable bonds is 6. The molecular weight excluding hydrogens is 453 g/mol. The molecule has 27 heavy (non-hydrogen) atoms. The lowest BCUT2D eigenvalue weighted by atomic mass is 10.0. The summed E-state index contributed by atoms with van der Waals surface area (Å²) in [6.45, 7) is 5.63. The van der Waals surface area contributed by atoms with E-state index >= 15 is 0 Å². The Bertz CT molecular complexity index is 745. The number of hydrogen-bond donors (Lipinski definition) is 2. The van der Waals surface area contributed by atoms with Gasteiger partial charge in [-0.25, -0.2) is 4.99 Å². The summed E-state index contributed by atoms with van der Waals surface area (Å²) in [5, 5.41) is 17.2. The minimum Gasteiger partial charge on any atom is -0.392 e. The number of aryl methyl sites for hydroxylation is 1. The van der Waals surface area contributed by atoms with E-state index in [9.17, 15) is 5.11 Å². The van der Waals surface area contributed by atoms with E-state index in [0.717, 1.165) is 43.1 Å². The fourth-order valence-electron chi connectivity index (χ4n) is 3.55. The molecule has 1 saturated heterocycles. The zero-order chi connectivity index (χ0) is 18.4. The molecule has 2 N–H and O–H groups in total. The Labute approximate surface area is 178 Å². The number of aliphatic hydroxyl groups is 1. The lowest BCUT2D eigenvalue weighted by Crippen LogP contribution is -2.40. The minimum atomic E-state index is 0. The topological polar surface area (TPSA) is 65.7 Å². The van der Waals surface area contributed by atoms with Gasteiger partial charge in [0.15, 0.2) is 5.96 Å². The number of aromatic nitrogens is 2. The van der Waals surface area contributed by atoms with Crippen molar-refractivity contribution in [1.29, 1.82) is 0 Å². The number of benzene rings is 1. The van der Waals surface area contributed by atoms with Crippen molar-refractivity contribution in [1.82, 2.24) is 20.0 Å². The molecule has 1 aromatic carbocycles. The molecule has 2 aromatic rings. The summed E-state index contributed by atoms with van der Waals surface area (Å²) in [6, 6.07) is 7.94. The average molecular weight is 483 g/mol. The Hall–Kier alpha value is -1.61. The van der Waals surface area contributed by atoms with Crippen molar-refractivity contribution in [3.8, 4) is 0 Å². The highest BCUT2D eigenvalue weighted by Gasteiger charge is 2.25. The Morgan fingerprint density at radius 3 is 2.78 bits per heavy atom. The summed E-state index contributed by atoms with van der Waals surface area (Å²) in [4.78, 5) is 7.18. The van der Waals surface area contributed by atoms with Crippen molar-refractivity contribution in [3.63, 3.8) is 0 Å². The van der Waals surface area contributed by atoms with Crippen molar-refractivity contribution >= 4 is 29.9 Å². The predicted octanol–water partition coefficient (Wildman–Crippen LogP) is 2.56. The monoisotopic (exact) mass is 483 g/mol. The second-order valence-corrected chi connectivity index (χ2v) is 6.92. The molecule has 148 valence electrons. The highest BCUT2D eigenvalue weighted by molar-refractivity contribution is 14.0. The van der Waals surface area contributed by atoms with Gasteiger partial charge in [0.2, 0.25) is 0 Å². The Morgan fingerprint density at radius 2 is 2.11 bits per heavy atom. The van der Waals surface area contributed by atoms with Crippen LogP contribution in [-0.2, 0) is 26.6 Å². The molecule has 1 fully saturated rings. The van der Waals surface area contributed by atoms with Gasteiger partial charge in [-0.05, 0) is 42.4 Å². The molecular formula is C20H30IN5O. The highest BCUT2D eigenvalue weighted by Crippen LogP contribution is 2.21. The molecule has 3 rings (SSSR count). The van der Waals surface area contributed by atoms with E-state index in [2.05, 4.69) is 28.4 Å². The molecule has 0 radical (unpaired) electrons. The number of nitrogens with one attached hydrogen (secondary N) is 1. The first-order valence-corrected chi connectivity index (χ1v) is 9.38. The van der Waals surface area contributed by atoms with Gasteiger partial charge < -0.3 is 15.3 Å². The van der Waals surface area contributed by atoms with E-state index in [0.29, 0.717) is 12.5 Å². The van der Waals surface area contributed by atoms with Crippen LogP contribution in [0, 0.1) is 5.92 Å². The molecule has 1 unspecified atom stereocenters. The Morgan fingerprint density at radius 1 is 1.33 bits per heavy atom. The fraction of sp³-hybridized carbons (Fsp3) is 0.500. The quantitative estimate of drug-likeness (QED) is 0.377. The minimum absolute atomic E-state index is 0. The third-order valence-electron chi connectivity index (χ3n) is 4.89. The third-order valence-corrected chi connectivity index (χ3v) is 4.89. The Balaban J connectivity index is 0.00000261. The van der Waals surface area contributed by atoms with Gasteiger partial charge >= 0.3 is 0 Å².